The fourth-order valence-electron chi connectivity index (χ4n) is 3.73. The van der Waals surface area contributed by atoms with E-state index >= 15 is 0 Å². The molecule has 2 aliphatic carbocycles. The molecule has 0 aromatic carbocycles. The highest BCUT2D eigenvalue weighted by atomic mass is 16.6. The minimum Gasteiger partial charge on any atom is -0.480 e. The van der Waals surface area contributed by atoms with E-state index in [1.807, 2.05) is 6.08 Å². The maximum atomic E-state index is 12.2. The van der Waals surface area contributed by atoms with Crippen molar-refractivity contribution >= 4 is 12.1 Å². The summed E-state index contributed by atoms with van der Waals surface area (Å²) >= 11 is 0. The number of rotatable bonds is 7. The van der Waals surface area contributed by atoms with E-state index in [9.17, 15) is 14.7 Å². The Kier molecular flexibility index (Phi) is 5.37. The molecule has 130 valence electrons. The number of ether oxygens (including phenoxy) is 1. The Balaban J connectivity index is 1.90. The first-order valence-corrected chi connectivity index (χ1v) is 8.55. The van der Waals surface area contributed by atoms with Crippen LogP contribution in [0.1, 0.15) is 52.9 Å². The Morgan fingerprint density at radius 1 is 1.39 bits per heavy atom. The van der Waals surface area contributed by atoms with Crippen molar-refractivity contribution in [3.63, 3.8) is 0 Å². The standard InChI is InChI=1S/C18H29NO4/c1-5-6-7-8-11-9-12-10-13(12)14(11)23-17(22)19-15(16(20)21)18(2,3)4/h5,11-15H,1,6-10H2,2-4H3,(H,19,22)(H,20,21)/t11-,12+,13-,14+,15-/m1/s1. The van der Waals surface area contributed by atoms with Gasteiger partial charge in [-0.25, -0.2) is 9.59 Å². The zero-order chi connectivity index (χ0) is 17.2. The summed E-state index contributed by atoms with van der Waals surface area (Å²) in [6, 6.07) is -0.953. The molecule has 0 aromatic rings. The summed E-state index contributed by atoms with van der Waals surface area (Å²) in [6.07, 6.45) is 6.61. The van der Waals surface area contributed by atoms with Crippen LogP contribution in [0.4, 0.5) is 4.79 Å². The van der Waals surface area contributed by atoms with Crippen LogP contribution in [0.5, 0.6) is 0 Å². The summed E-state index contributed by atoms with van der Waals surface area (Å²) in [5.74, 6) is 0.543. The third kappa shape index (κ3) is 4.49. The van der Waals surface area contributed by atoms with Crippen molar-refractivity contribution in [2.75, 3.05) is 0 Å². The van der Waals surface area contributed by atoms with E-state index in [4.69, 9.17) is 4.74 Å². The van der Waals surface area contributed by atoms with Gasteiger partial charge in [-0.05, 0) is 55.3 Å². The van der Waals surface area contributed by atoms with Crippen LogP contribution in [0.15, 0.2) is 12.7 Å². The van der Waals surface area contributed by atoms with Gasteiger partial charge in [0, 0.05) is 0 Å². The number of amides is 1. The van der Waals surface area contributed by atoms with Gasteiger partial charge in [-0.15, -0.1) is 6.58 Å². The lowest BCUT2D eigenvalue weighted by Gasteiger charge is -2.29. The number of carbonyl (C=O) groups excluding carboxylic acids is 1. The molecule has 0 unspecified atom stereocenters. The second-order valence-corrected chi connectivity index (χ2v) is 8.03. The lowest BCUT2D eigenvalue weighted by atomic mass is 9.87. The van der Waals surface area contributed by atoms with Crippen molar-refractivity contribution in [1.29, 1.82) is 0 Å². The van der Waals surface area contributed by atoms with Crippen LogP contribution in [-0.2, 0) is 9.53 Å². The van der Waals surface area contributed by atoms with E-state index in [-0.39, 0.29) is 6.10 Å². The van der Waals surface area contributed by atoms with Crippen LogP contribution < -0.4 is 5.32 Å². The molecule has 0 heterocycles. The molecular weight excluding hydrogens is 294 g/mol. The number of carbonyl (C=O) groups is 2. The van der Waals surface area contributed by atoms with Crippen molar-refractivity contribution in [1.82, 2.24) is 5.32 Å². The first-order valence-electron chi connectivity index (χ1n) is 8.55. The SMILES string of the molecule is C=CCCC[C@@H]1C[C@H]2C[C@H]2[C@H]1OC(=O)N[C@H](C(=O)O)C(C)(C)C. The molecule has 0 spiro atoms. The lowest BCUT2D eigenvalue weighted by Crippen LogP contribution is -2.50. The van der Waals surface area contributed by atoms with Crippen molar-refractivity contribution in [2.45, 2.75) is 65.0 Å². The number of nitrogens with one attached hydrogen (secondary N) is 1. The third-order valence-electron chi connectivity index (χ3n) is 5.07. The van der Waals surface area contributed by atoms with E-state index in [1.54, 1.807) is 20.8 Å². The lowest BCUT2D eigenvalue weighted by molar-refractivity contribution is -0.142. The quantitative estimate of drug-likeness (QED) is 0.554. The number of carboxylic acids is 1. The normalized spacial score (nSPS) is 30.2. The average molecular weight is 323 g/mol. The zero-order valence-corrected chi connectivity index (χ0v) is 14.4. The molecule has 2 N–H and O–H groups in total. The minimum absolute atomic E-state index is 0.0563. The van der Waals surface area contributed by atoms with Crippen LogP contribution in [-0.4, -0.2) is 29.3 Å². The molecule has 23 heavy (non-hydrogen) atoms. The maximum Gasteiger partial charge on any atom is 0.408 e. The molecule has 2 fully saturated rings. The fourth-order valence-corrected chi connectivity index (χ4v) is 3.73. The van der Waals surface area contributed by atoms with Crippen LogP contribution in [0.2, 0.25) is 0 Å². The van der Waals surface area contributed by atoms with E-state index in [1.165, 1.54) is 0 Å². The van der Waals surface area contributed by atoms with Crippen molar-refractivity contribution in [2.24, 2.45) is 23.2 Å². The van der Waals surface area contributed by atoms with Crippen LogP contribution in [0, 0.1) is 23.2 Å². The molecule has 0 aliphatic heterocycles. The minimum atomic E-state index is -1.03. The predicted octanol–water partition coefficient (Wildman–Crippen LogP) is 3.59. The fraction of sp³-hybridized carbons (Fsp3) is 0.778. The number of carboxylic acid groups (broad SMARTS) is 1. The van der Waals surface area contributed by atoms with E-state index in [2.05, 4.69) is 11.9 Å². The summed E-state index contributed by atoms with van der Waals surface area (Å²) in [5.41, 5.74) is -0.563. The van der Waals surface area contributed by atoms with Crippen molar-refractivity contribution in [3.8, 4) is 0 Å². The van der Waals surface area contributed by atoms with Gasteiger partial charge in [0.05, 0.1) is 0 Å². The molecule has 0 saturated heterocycles. The number of fused-ring (bicyclic) bond motifs is 1. The molecule has 2 aliphatic rings. The Morgan fingerprint density at radius 3 is 2.65 bits per heavy atom. The highest BCUT2D eigenvalue weighted by Gasteiger charge is 2.55. The number of alkyl carbamates (subject to hydrolysis) is 1. The van der Waals surface area contributed by atoms with Gasteiger partial charge < -0.3 is 15.2 Å². The largest absolute Gasteiger partial charge is 0.480 e. The van der Waals surface area contributed by atoms with Gasteiger partial charge in [0.1, 0.15) is 12.1 Å². The molecule has 2 saturated carbocycles. The van der Waals surface area contributed by atoms with Crippen molar-refractivity contribution < 1.29 is 19.4 Å². The van der Waals surface area contributed by atoms with Crippen LogP contribution in [0.25, 0.3) is 0 Å². The maximum absolute atomic E-state index is 12.2. The Hall–Kier alpha value is -1.52. The van der Waals surface area contributed by atoms with Gasteiger partial charge in [0.2, 0.25) is 0 Å². The van der Waals surface area contributed by atoms with Gasteiger partial charge in [-0.3, -0.25) is 0 Å². The summed E-state index contributed by atoms with van der Waals surface area (Å²) in [5, 5.41) is 11.8. The topological polar surface area (TPSA) is 75.6 Å². The molecule has 5 nitrogen and oxygen atoms in total. The molecule has 5 heteroatoms. The number of hydrogen-bond acceptors (Lipinski definition) is 3. The van der Waals surface area contributed by atoms with E-state index < -0.39 is 23.5 Å². The second-order valence-electron chi connectivity index (χ2n) is 8.03. The first-order chi connectivity index (χ1) is 10.7. The number of unbranched alkanes of at least 4 members (excludes halogenated alkanes) is 1. The van der Waals surface area contributed by atoms with Gasteiger partial charge in [0.15, 0.2) is 0 Å². The summed E-state index contributed by atoms with van der Waals surface area (Å²) < 4.78 is 5.65. The number of hydrogen-bond donors (Lipinski definition) is 2. The molecule has 5 atom stereocenters. The Bertz CT molecular complexity index is 468. The average Bonchev–Trinajstić information content (AvgIpc) is 3.12. The number of allylic oxidation sites excluding steroid dienone is 1. The molecule has 1 amide bonds. The highest BCUT2D eigenvalue weighted by Crippen LogP contribution is 2.56. The zero-order valence-electron chi connectivity index (χ0n) is 14.4. The molecule has 0 aromatic heterocycles. The smallest absolute Gasteiger partial charge is 0.408 e. The summed E-state index contributed by atoms with van der Waals surface area (Å²) in [6.45, 7) is 9.10. The van der Waals surface area contributed by atoms with E-state index in [0.717, 1.165) is 32.1 Å². The second kappa shape index (κ2) is 6.93. The van der Waals surface area contributed by atoms with Gasteiger partial charge >= 0.3 is 12.1 Å². The summed E-state index contributed by atoms with van der Waals surface area (Å²) in [4.78, 5) is 23.5. The van der Waals surface area contributed by atoms with Gasteiger partial charge in [-0.1, -0.05) is 26.8 Å². The van der Waals surface area contributed by atoms with E-state index in [0.29, 0.717) is 17.8 Å². The third-order valence-corrected chi connectivity index (χ3v) is 5.07. The molecular formula is C18H29NO4. The highest BCUT2D eigenvalue weighted by molar-refractivity contribution is 5.80. The van der Waals surface area contributed by atoms with Crippen LogP contribution >= 0.6 is 0 Å². The Labute approximate surface area is 138 Å². The Morgan fingerprint density at radius 2 is 2.09 bits per heavy atom. The summed E-state index contributed by atoms with van der Waals surface area (Å²) in [7, 11) is 0. The van der Waals surface area contributed by atoms with Gasteiger partial charge in [-0.2, -0.15) is 0 Å². The predicted molar refractivity (Wildman–Crippen MR) is 88.0 cm³/mol. The van der Waals surface area contributed by atoms with Crippen molar-refractivity contribution in [3.05, 3.63) is 12.7 Å². The molecule has 0 radical (unpaired) electrons. The van der Waals surface area contributed by atoms with Gasteiger partial charge in [0.25, 0.3) is 0 Å². The monoisotopic (exact) mass is 323 g/mol. The molecule has 2 rings (SSSR count). The molecule has 0 bridgehead atoms. The first kappa shape index (κ1) is 17.8. The number of aliphatic carboxylic acids is 1. The van der Waals surface area contributed by atoms with Crippen LogP contribution in [0.3, 0.4) is 0 Å².